The van der Waals surface area contributed by atoms with E-state index in [4.69, 9.17) is 10.5 Å². The molecule has 1 heterocycles. The van der Waals surface area contributed by atoms with Crippen molar-refractivity contribution in [3.8, 4) is 0 Å². The molecule has 0 radical (unpaired) electrons. The van der Waals surface area contributed by atoms with Crippen LogP contribution in [0.2, 0.25) is 0 Å². The maximum atomic E-state index is 11.6. The van der Waals surface area contributed by atoms with Crippen LogP contribution >= 0.6 is 0 Å². The van der Waals surface area contributed by atoms with Crippen LogP contribution in [0.5, 0.6) is 0 Å². The lowest BCUT2D eigenvalue weighted by molar-refractivity contribution is 0.0306. The zero-order valence-corrected chi connectivity index (χ0v) is 11.1. The van der Waals surface area contributed by atoms with Crippen molar-refractivity contribution >= 4 is 17.0 Å². The number of amides is 1. The summed E-state index contributed by atoms with van der Waals surface area (Å²) in [6.45, 7) is 2.31. The van der Waals surface area contributed by atoms with Gasteiger partial charge in [-0.15, -0.1) is 0 Å². The molecule has 0 bridgehead atoms. The highest BCUT2D eigenvalue weighted by Crippen LogP contribution is 2.24. The van der Waals surface area contributed by atoms with E-state index in [1.807, 2.05) is 4.90 Å². The average Bonchev–Trinajstić information content (AvgIpc) is 2.40. The molecule has 3 N–H and O–H groups in total. The van der Waals surface area contributed by atoms with Crippen LogP contribution in [0.4, 0.5) is 0 Å². The van der Waals surface area contributed by atoms with E-state index in [0.717, 1.165) is 0 Å². The second kappa shape index (κ2) is 6.25. The molecular formula is C12H16N2O4S. The normalized spacial score (nSPS) is 19.8. The van der Waals surface area contributed by atoms with Gasteiger partial charge < -0.3 is 15.0 Å². The Labute approximate surface area is 113 Å². The standard InChI is InChI=1S/C12H16N2O4S/c13-11(15)9-1-3-10(4-2-9)12(19(16)17)14-5-7-18-8-6-14/h1-4,12H,5-8H2,(H2,13,15)(H,16,17). The van der Waals surface area contributed by atoms with Crippen LogP contribution in [0.3, 0.4) is 0 Å². The van der Waals surface area contributed by atoms with E-state index in [9.17, 15) is 13.6 Å². The molecule has 0 saturated carbocycles. The number of nitrogens with zero attached hydrogens (tertiary/aromatic N) is 1. The molecule has 1 aromatic carbocycles. The molecule has 2 rings (SSSR count). The van der Waals surface area contributed by atoms with Gasteiger partial charge in [-0.3, -0.25) is 9.69 Å². The number of morpholine rings is 1. The van der Waals surface area contributed by atoms with E-state index in [0.29, 0.717) is 37.4 Å². The Morgan fingerprint density at radius 2 is 1.89 bits per heavy atom. The Hall–Kier alpha value is -1.28. The van der Waals surface area contributed by atoms with Gasteiger partial charge in [-0.25, -0.2) is 4.21 Å². The third kappa shape index (κ3) is 3.38. The highest BCUT2D eigenvalue weighted by molar-refractivity contribution is 7.79. The van der Waals surface area contributed by atoms with E-state index in [1.165, 1.54) is 0 Å². The zero-order chi connectivity index (χ0) is 13.8. The fourth-order valence-electron chi connectivity index (χ4n) is 2.08. The largest absolute Gasteiger partial charge is 0.379 e. The number of nitrogens with two attached hydrogens (primary N) is 1. The third-order valence-corrected chi connectivity index (χ3v) is 4.00. The highest BCUT2D eigenvalue weighted by Gasteiger charge is 2.27. The molecule has 0 spiro atoms. The SMILES string of the molecule is NC(=O)c1ccc(C(N2CCOCC2)S(=O)O)cc1. The van der Waals surface area contributed by atoms with Crippen LogP contribution in [0.25, 0.3) is 0 Å². The summed E-state index contributed by atoms with van der Waals surface area (Å²) in [5.41, 5.74) is 6.24. The Morgan fingerprint density at radius 3 is 2.37 bits per heavy atom. The number of ether oxygens (including phenoxy) is 1. The summed E-state index contributed by atoms with van der Waals surface area (Å²) in [4.78, 5) is 12.9. The summed E-state index contributed by atoms with van der Waals surface area (Å²) < 4.78 is 26.3. The lowest BCUT2D eigenvalue weighted by atomic mass is 10.1. The van der Waals surface area contributed by atoms with E-state index >= 15 is 0 Å². The molecule has 104 valence electrons. The number of hydrogen-bond acceptors (Lipinski definition) is 4. The number of carbonyl (C=O) groups is 1. The van der Waals surface area contributed by atoms with Crippen LogP contribution in [0.15, 0.2) is 24.3 Å². The Kier molecular flexibility index (Phi) is 4.65. The minimum Gasteiger partial charge on any atom is -0.379 e. The Balaban J connectivity index is 2.23. The van der Waals surface area contributed by atoms with Gasteiger partial charge in [0.2, 0.25) is 5.91 Å². The number of carbonyl (C=O) groups excluding carboxylic acids is 1. The lowest BCUT2D eigenvalue weighted by Gasteiger charge is -2.32. The number of primary amides is 1. The molecule has 1 saturated heterocycles. The van der Waals surface area contributed by atoms with Crippen LogP contribution in [-0.2, 0) is 15.8 Å². The number of rotatable bonds is 4. The van der Waals surface area contributed by atoms with Gasteiger partial charge in [0, 0.05) is 18.7 Å². The van der Waals surface area contributed by atoms with Gasteiger partial charge in [-0.1, -0.05) is 12.1 Å². The van der Waals surface area contributed by atoms with Crippen molar-refractivity contribution in [1.82, 2.24) is 4.90 Å². The molecule has 1 aromatic rings. The van der Waals surface area contributed by atoms with Gasteiger partial charge in [0.05, 0.1) is 13.2 Å². The van der Waals surface area contributed by atoms with Crippen LogP contribution in [-0.4, -0.2) is 45.9 Å². The molecule has 1 fully saturated rings. The van der Waals surface area contributed by atoms with E-state index in [-0.39, 0.29) is 0 Å². The van der Waals surface area contributed by atoms with Crippen molar-refractivity contribution in [3.63, 3.8) is 0 Å². The van der Waals surface area contributed by atoms with Gasteiger partial charge in [-0.05, 0) is 17.7 Å². The van der Waals surface area contributed by atoms with Gasteiger partial charge in [0.1, 0.15) is 5.37 Å². The molecule has 0 aromatic heterocycles. The lowest BCUT2D eigenvalue weighted by Crippen LogP contribution is -2.40. The first-order valence-corrected chi connectivity index (χ1v) is 7.08. The van der Waals surface area contributed by atoms with E-state index in [1.54, 1.807) is 24.3 Å². The average molecular weight is 284 g/mol. The van der Waals surface area contributed by atoms with Crippen molar-refractivity contribution in [3.05, 3.63) is 35.4 Å². The van der Waals surface area contributed by atoms with E-state index < -0.39 is 22.4 Å². The van der Waals surface area contributed by atoms with E-state index in [2.05, 4.69) is 0 Å². The molecule has 1 aliphatic rings. The second-order valence-electron chi connectivity index (χ2n) is 4.26. The van der Waals surface area contributed by atoms with Crippen molar-refractivity contribution in [2.75, 3.05) is 26.3 Å². The third-order valence-electron chi connectivity index (χ3n) is 3.05. The number of hydrogen-bond donors (Lipinski definition) is 2. The molecule has 0 aliphatic carbocycles. The van der Waals surface area contributed by atoms with Gasteiger partial charge >= 0.3 is 0 Å². The molecule has 1 amide bonds. The van der Waals surface area contributed by atoms with Crippen LogP contribution in [0.1, 0.15) is 21.3 Å². The first-order valence-electron chi connectivity index (χ1n) is 5.91. The van der Waals surface area contributed by atoms with Crippen LogP contribution in [0, 0.1) is 0 Å². The molecule has 19 heavy (non-hydrogen) atoms. The first-order chi connectivity index (χ1) is 9.09. The molecule has 2 atom stereocenters. The Morgan fingerprint density at radius 1 is 1.32 bits per heavy atom. The minimum atomic E-state index is -2.02. The summed E-state index contributed by atoms with van der Waals surface area (Å²) in [6, 6.07) is 6.46. The Bertz CT molecular complexity index is 471. The topological polar surface area (TPSA) is 92.9 Å². The molecular weight excluding hydrogens is 268 g/mol. The van der Waals surface area contributed by atoms with Crippen molar-refractivity contribution < 1.29 is 18.3 Å². The molecule has 6 nitrogen and oxygen atoms in total. The van der Waals surface area contributed by atoms with Crippen molar-refractivity contribution in [2.24, 2.45) is 5.73 Å². The molecule has 7 heteroatoms. The summed E-state index contributed by atoms with van der Waals surface area (Å²) in [6.07, 6.45) is 0. The van der Waals surface area contributed by atoms with Crippen molar-refractivity contribution in [1.29, 1.82) is 0 Å². The predicted octanol–water partition coefficient (Wildman–Crippen LogP) is 0.338. The monoisotopic (exact) mass is 284 g/mol. The van der Waals surface area contributed by atoms with Gasteiger partial charge in [0.15, 0.2) is 11.1 Å². The fourth-order valence-corrected chi connectivity index (χ4v) is 2.93. The smallest absolute Gasteiger partial charge is 0.248 e. The second-order valence-corrected chi connectivity index (χ2v) is 5.26. The van der Waals surface area contributed by atoms with Gasteiger partial charge in [-0.2, -0.15) is 0 Å². The molecule has 2 unspecified atom stereocenters. The summed E-state index contributed by atoms with van der Waals surface area (Å²) in [7, 11) is 0. The quantitative estimate of drug-likeness (QED) is 0.778. The van der Waals surface area contributed by atoms with Crippen LogP contribution < -0.4 is 5.73 Å². The van der Waals surface area contributed by atoms with Gasteiger partial charge in [0.25, 0.3) is 0 Å². The minimum absolute atomic E-state index is 0.383. The summed E-state index contributed by atoms with van der Waals surface area (Å²) in [5.74, 6) is -0.514. The maximum Gasteiger partial charge on any atom is 0.248 e. The maximum absolute atomic E-state index is 11.6. The zero-order valence-electron chi connectivity index (χ0n) is 10.3. The summed E-state index contributed by atoms with van der Waals surface area (Å²) >= 11 is -2.02. The fraction of sp³-hybridized carbons (Fsp3) is 0.417. The first kappa shape index (κ1) is 14.1. The summed E-state index contributed by atoms with van der Waals surface area (Å²) in [5, 5.41) is -0.606. The van der Waals surface area contributed by atoms with Crippen molar-refractivity contribution in [2.45, 2.75) is 5.37 Å². The number of benzene rings is 1. The molecule has 1 aliphatic heterocycles. The highest BCUT2D eigenvalue weighted by atomic mass is 32.2. The predicted molar refractivity (Wildman–Crippen MR) is 70.9 cm³/mol.